The van der Waals surface area contributed by atoms with Gasteiger partial charge in [-0.1, -0.05) is 18.2 Å². The molecule has 2 aromatic carbocycles. The van der Waals surface area contributed by atoms with Crippen LogP contribution in [-0.2, 0) is 0 Å². The number of anilines is 1. The van der Waals surface area contributed by atoms with Crippen LogP contribution in [0.4, 0.5) is 5.69 Å². The molecule has 0 heterocycles. The topological polar surface area (TPSA) is 76.1 Å². The number of nitrogens with two attached hydrogens (primary N) is 1. The largest absolute Gasteiger partial charge is 0.455 e. The molecule has 0 aliphatic rings. The summed E-state index contributed by atoms with van der Waals surface area (Å²) in [7, 11) is 0. The number of ether oxygens (including phenoxy) is 1. The Hall–Kier alpha value is -2.80. The molecule has 0 aliphatic carbocycles. The number of hydrogen-bond acceptors (Lipinski definition) is 4. The first-order valence-electron chi connectivity index (χ1n) is 5.73. The molecule has 2 rings (SSSR count). The lowest BCUT2D eigenvalue weighted by atomic mass is 10.1. The molecule has 0 aliphatic heterocycles. The zero-order valence-corrected chi connectivity index (χ0v) is 10.2. The van der Waals surface area contributed by atoms with Crippen molar-refractivity contribution < 1.29 is 9.53 Å². The van der Waals surface area contributed by atoms with Crippen LogP contribution < -0.4 is 10.5 Å². The zero-order chi connectivity index (χ0) is 13.7. The van der Waals surface area contributed by atoms with Gasteiger partial charge in [-0.15, -0.1) is 0 Å². The van der Waals surface area contributed by atoms with E-state index in [1.165, 1.54) is 6.07 Å². The van der Waals surface area contributed by atoms with Gasteiger partial charge in [0.1, 0.15) is 11.5 Å². The van der Waals surface area contributed by atoms with E-state index < -0.39 is 0 Å². The van der Waals surface area contributed by atoms with Crippen LogP contribution in [0.25, 0.3) is 0 Å². The summed E-state index contributed by atoms with van der Waals surface area (Å²) < 4.78 is 5.60. The van der Waals surface area contributed by atoms with E-state index in [9.17, 15) is 4.79 Å². The van der Waals surface area contributed by atoms with Crippen molar-refractivity contribution in [2.24, 2.45) is 0 Å². The molecular weight excluding hydrogens is 240 g/mol. The summed E-state index contributed by atoms with van der Waals surface area (Å²) >= 11 is 0. The number of benzene rings is 2. The van der Waals surface area contributed by atoms with Crippen molar-refractivity contribution in [3.8, 4) is 17.6 Å². The third-order valence-corrected chi connectivity index (χ3v) is 2.54. The van der Waals surface area contributed by atoms with Crippen LogP contribution in [0.1, 0.15) is 16.8 Å². The summed E-state index contributed by atoms with van der Waals surface area (Å²) in [4.78, 5) is 11.5. The van der Waals surface area contributed by atoms with Crippen LogP contribution in [0, 0.1) is 11.3 Å². The van der Waals surface area contributed by atoms with Crippen molar-refractivity contribution >= 4 is 11.5 Å². The maximum absolute atomic E-state index is 11.5. The molecule has 0 saturated carbocycles. The van der Waals surface area contributed by atoms with Gasteiger partial charge >= 0.3 is 0 Å². The minimum absolute atomic E-state index is 0.154. The van der Waals surface area contributed by atoms with E-state index in [4.69, 9.17) is 15.7 Å². The molecule has 2 aromatic rings. The summed E-state index contributed by atoms with van der Waals surface area (Å²) in [5, 5.41) is 8.49. The number of carbonyl (C=O) groups excluding carboxylic acids is 1. The van der Waals surface area contributed by atoms with Gasteiger partial charge in [-0.05, 0) is 30.3 Å². The van der Waals surface area contributed by atoms with Crippen LogP contribution in [0.15, 0.2) is 48.5 Å². The lowest BCUT2D eigenvalue weighted by molar-refractivity contribution is 0.0998. The predicted octanol–water partition coefficient (Wildman–Crippen LogP) is 3.16. The Morgan fingerprint density at radius 2 is 1.95 bits per heavy atom. The van der Waals surface area contributed by atoms with E-state index in [-0.39, 0.29) is 12.2 Å². The Balaban J connectivity index is 2.21. The smallest absolute Gasteiger partial charge is 0.176 e. The first-order chi connectivity index (χ1) is 9.20. The highest BCUT2D eigenvalue weighted by molar-refractivity contribution is 5.98. The van der Waals surface area contributed by atoms with Gasteiger partial charge in [-0.3, -0.25) is 4.79 Å². The second kappa shape index (κ2) is 5.69. The molecule has 0 atom stereocenters. The number of rotatable bonds is 4. The summed E-state index contributed by atoms with van der Waals surface area (Å²) in [5.74, 6) is 0.908. The number of hydrogen-bond donors (Lipinski definition) is 1. The van der Waals surface area contributed by atoms with E-state index >= 15 is 0 Å². The molecule has 0 unspecified atom stereocenters. The average molecular weight is 252 g/mol. The van der Waals surface area contributed by atoms with Crippen LogP contribution in [0.3, 0.4) is 0 Å². The van der Waals surface area contributed by atoms with Crippen LogP contribution in [0.5, 0.6) is 11.5 Å². The van der Waals surface area contributed by atoms with Crippen molar-refractivity contribution in [2.75, 3.05) is 5.73 Å². The third kappa shape index (κ3) is 3.11. The van der Waals surface area contributed by atoms with Crippen LogP contribution >= 0.6 is 0 Å². The molecule has 0 saturated heterocycles. The van der Waals surface area contributed by atoms with Crippen LogP contribution in [-0.4, -0.2) is 5.78 Å². The van der Waals surface area contributed by atoms with Gasteiger partial charge in [-0.25, -0.2) is 0 Å². The quantitative estimate of drug-likeness (QED) is 0.669. The maximum Gasteiger partial charge on any atom is 0.176 e. The highest BCUT2D eigenvalue weighted by atomic mass is 16.5. The van der Waals surface area contributed by atoms with Crippen LogP contribution in [0.2, 0.25) is 0 Å². The second-order valence-corrected chi connectivity index (χ2v) is 3.93. The monoisotopic (exact) mass is 252 g/mol. The zero-order valence-electron chi connectivity index (χ0n) is 10.2. The maximum atomic E-state index is 11.5. The Labute approximate surface area is 111 Å². The highest BCUT2D eigenvalue weighted by Gasteiger charge is 2.09. The minimum atomic E-state index is -0.250. The average Bonchev–Trinajstić information content (AvgIpc) is 2.42. The predicted molar refractivity (Wildman–Crippen MR) is 71.9 cm³/mol. The fourth-order valence-electron chi connectivity index (χ4n) is 1.60. The molecule has 0 spiro atoms. The fourth-order valence-corrected chi connectivity index (χ4v) is 1.60. The molecule has 94 valence electrons. The van der Waals surface area contributed by atoms with Gasteiger partial charge in [-0.2, -0.15) is 5.26 Å². The summed E-state index contributed by atoms with van der Waals surface area (Å²) in [5.41, 5.74) is 6.63. The molecule has 19 heavy (non-hydrogen) atoms. The number of Topliss-reactive ketones (excluding diaryl/α,β-unsaturated/α-hetero) is 1. The Morgan fingerprint density at radius 3 is 2.58 bits per heavy atom. The fraction of sp³-hybridized carbons (Fsp3) is 0.0667. The van der Waals surface area contributed by atoms with Gasteiger partial charge in [0, 0.05) is 5.56 Å². The molecule has 0 amide bonds. The number of nitriles is 1. The van der Waals surface area contributed by atoms with Crippen molar-refractivity contribution in [2.45, 2.75) is 6.42 Å². The molecular formula is C15H12N2O2. The van der Waals surface area contributed by atoms with Crippen molar-refractivity contribution in [1.29, 1.82) is 5.26 Å². The van der Waals surface area contributed by atoms with Gasteiger partial charge in [0.25, 0.3) is 0 Å². The molecule has 0 fully saturated rings. The van der Waals surface area contributed by atoms with E-state index in [2.05, 4.69) is 0 Å². The molecule has 4 nitrogen and oxygen atoms in total. The molecule has 0 radical (unpaired) electrons. The minimum Gasteiger partial charge on any atom is -0.455 e. The van der Waals surface area contributed by atoms with Gasteiger partial charge < -0.3 is 10.5 Å². The molecule has 0 bridgehead atoms. The van der Waals surface area contributed by atoms with Gasteiger partial charge in [0.2, 0.25) is 0 Å². The molecule has 2 N–H and O–H groups in total. The van der Waals surface area contributed by atoms with E-state index in [0.29, 0.717) is 22.7 Å². The lowest BCUT2D eigenvalue weighted by Gasteiger charge is -2.09. The number of nitrogens with zero attached hydrogens (tertiary/aromatic N) is 1. The van der Waals surface area contributed by atoms with Gasteiger partial charge in [0.05, 0.1) is 18.2 Å². The number of carbonyl (C=O) groups is 1. The van der Waals surface area contributed by atoms with Gasteiger partial charge in [0.15, 0.2) is 5.78 Å². The standard InChI is InChI=1S/C15H12N2O2/c16-9-8-14(18)11-6-7-15(13(17)10-11)19-12-4-2-1-3-5-12/h1-7,10H,8,17H2. The first-order valence-corrected chi connectivity index (χ1v) is 5.73. The van der Waals surface area contributed by atoms with E-state index in [1.54, 1.807) is 12.1 Å². The normalized spacial score (nSPS) is 9.63. The summed E-state index contributed by atoms with van der Waals surface area (Å²) in [6.07, 6.45) is -0.154. The second-order valence-electron chi connectivity index (χ2n) is 3.93. The summed E-state index contributed by atoms with van der Waals surface area (Å²) in [6, 6.07) is 15.8. The number of nitrogen functional groups attached to an aromatic ring is 1. The number of para-hydroxylation sites is 1. The Morgan fingerprint density at radius 1 is 1.21 bits per heavy atom. The van der Waals surface area contributed by atoms with Crippen molar-refractivity contribution in [1.82, 2.24) is 0 Å². The first kappa shape index (κ1) is 12.7. The Bertz CT molecular complexity index is 630. The lowest BCUT2D eigenvalue weighted by Crippen LogP contribution is -2.00. The van der Waals surface area contributed by atoms with Crippen molar-refractivity contribution in [3.63, 3.8) is 0 Å². The van der Waals surface area contributed by atoms with E-state index in [0.717, 1.165) is 0 Å². The van der Waals surface area contributed by atoms with E-state index in [1.807, 2.05) is 36.4 Å². The third-order valence-electron chi connectivity index (χ3n) is 2.54. The van der Waals surface area contributed by atoms with Crippen molar-refractivity contribution in [3.05, 3.63) is 54.1 Å². The summed E-state index contributed by atoms with van der Waals surface area (Å²) in [6.45, 7) is 0. The highest BCUT2D eigenvalue weighted by Crippen LogP contribution is 2.28. The number of ketones is 1. The molecule has 4 heteroatoms. The Kier molecular flexibility index (Phi) is 3.79. The SMILES string of the molecule is N#CCC(=O)c1ccc(Oc2ccccc2)c(N)c1. The molecule has 0 aromatic heterocycles.